The van der Waals surface area contributed by atoms with Gasteiger partial charge in [-0.05, 0) is 52.9 Å². The van der Waals surface area contributed by atoms with Crippen LogP contribution in [0.4, 0.5) is 0 Å². The molecule has 1 atom stereocenters. The van der Waals surface area contributed by atoms with Crippen molar-refractivity contribution in [3.8, 4) is 28.4 Å². The number of ether oxygens (including phenoxy) is 2. The summed E-state index contributed by atoms with van der Waals surface area (Å²) >= 11 is 0. The van der Waals surface area contributed by atoms with Crippen LogP contribution >= 0.6 is 0 Å². The van der Waals surface area contributed by atoms with Crippen molar-refractivity contribution in [3.63, 3.8) is 0 Å². The van der Waals surface area contributed by atoms with E-state index in [9.17, 15) is 9.90 Å². The molecule has 4 rings (SSSR count). The van der Waals surface area contributed by atoms with Gasteiger partial charge in [-0.2, -0.15) is 0 Å². The van der Waals surface area contributed by atoms with Crippen LogP contribution in [0, 0.1) is 0 Å². The Hall–Kier alpha value is -4.05. The molecule has 0 aromatic heterocycles. The summed E-state index contributed by atoms with van der Waals surface area (Å²) in [5.41, 5.74) is 2.67. The highest BCUT2D eigenvalue weighted by molar-refractivity contribution is 5.96. The first-order valence-corrected chi connectivity index (χ1v) is 9.90. The van der Waals surface area contributed by atoms with E-state index < -0.39 is 11.9 Å². The normalized spacial score (nSPS) is 11.6. The van der Waals surface area contributed by atoms with Crippen LogP contribution in [0.2, 0.25) is 0 Å². The maximum atomic E-state index is 11.4. The molecule has 4 heteroatoms. The molecule has 31 heavy (non-hydrogen) atoms. The van der Waals surface area contributed by atoms with E-state index in [1.165, 1.54) is 6.08 Å². The second kappa shape index (κ2) is 8.76. The van der Waals surface area contributed by atoms with Gasteiger partial charge in [-0.15, -0.1) is 6.58 Å². The molecule has 4 aromatic carbocycles. The minimum atomic E-state index is -0.932. The van der Waals surface area contributed by atoms with Crippen molar-refractivity contribution in [2.75, 3.05) is 7.11 Å². The third kappa shape index (κ3) is 4.14. The number of carboxylic acids is 1. The largest absolute Gasteiger partial charge is 0.497 e. The number of fused-ring (bicyclic) bond motifs is 1. The van der Waals surface area contributed by atoms with E-state index in [0.29, 0.717) is 11.3 Å². The third-order valence-corrected chi connectivity index (χ3v) is 5.22. The van der Waals surface area contributed by atoms with Gasteiger partial charge in [-0.3, -0.25) is 4.79 Å². The molecular formula is C27H22O4. The Morgan fingerprint density at radius 3 is 2.29 bits per heavy atom. The standard InChI is InChI=1S/C27H22O4/c1-3-23(27(28)29)19-9-12-21(13-10-19)31-26-24(18-7-5-4-6-8-18)15-11-20-17-22(30-2)14-16-25(20)26/h3-17,23H,1H2,2H3,(H,28,29). The molecule has 0 aliphatic rings. The fourth-order valence-electron chi connectivity index (χ4n) is 3.60. The molecule has 0 bridgehead atoms. The zero-order chi connectivity index (χ0) is 21.8. The second-order valence-electron chi connectivity index (χ2n) is 7.12. The Morgan fingerprint density at radius 1 is 0.935 bits per heavy atom. The maximum Gasteiger partial charge on any atom is 0.314 e. The van der Waals surface area contributed by atoms with Crippen LogP contribution in [0.25, 0.3) is 21.9 Å². The molecule has 0 spiro atoms. The smallest absolute Gasteiger partial charge is 0.314 e. The van der Waals surface area contributed by atoms with E-state index in [1.807, 2.05) is 54.6 Å². The number of hydrogen-bond donors (Lipinski definition) is 1. The average molecular weight is 410 g/mol. The summed E-state index contributed by atoms with van der Waals surface area (Å²) in [6.07, 6.45) is 1.42. The van der Waals surface area contributed by atoms with E-state index in [1.54, 1.807) is 31.4 Å². The highest BCUT2D eigenvalue weighted by Gasteiger charge is 2.17. The molecule has 0 heterocycles. The molecule has 0 aliphatic heterocycles. The maximum absolute atomic E-state index is 11.4. The SMILES string of the molecule is C=CC(C(=O)O)c1ccc(Oc2c(-c3ccccc3)ccc3cc(OC)ccc23)cc1. The van der Waals surface area contributed by atoms with Crippen LogP contribution in [0.5, 0.6) is 17.2 Å². The van der Waals surface area contributed by atoms with Crippen LogP contribution in [0.1, 0.15) is 11.5 Å². The van der Waals surface area contributed by atoms with Crippen molar-refractivity contribution in [3.05, 3.63) is 103 Å². The molecule has 154 valence electrons. The lowest BCUT2D eigenvalue weighted by atomic mass is 9.98. The molecule has 0 radical (unpaired) electrons. The first kappa shape index (κ1) is 20.2. The molecule has 0 amide bonds. The fraction of sp³-hybridized carbons (Fsp3) is 0.0741. The quantitative estimate of drug-likeness (QED) is 0.346. The predicted octanol–water partition coefficient (Wildman–Crippen LogP) is 6.66. The summed E-state index contributed by atoms with van der Waals surface area (Å²) in [7, 11) is 1.64. The lowest BCUT2D eigenvalue weighted by Gasteiger charge is -2.16. The molecule has 1 N–H and O–H groups in total. The Kier molecular flexibility index (Phi) is 5.72. The van der Waals surface area contributed by atoms with Crippen LogP contribution in [-0.2, 0) is 4.79 Å². The van der Waals surface area contributed by atoms with Gasteiger partial charge < -0.3 is 14.6 Å². The van der Waals surface area contributed by atoms with Crippen LogP contribution in [0.15, 0.2) is 97.6 Å². The van der Waals surface area contributed by atoms with Gasteiger partial charge >= 0.3 is 5.97 Å². The molecule has 4 aromatic rings. The minimum absolute atomic E-state index is 0.623. The Bertz CT molecular complexity index is 1230. The summed E-state index contributed by atoms with van der Waals surface area (Å²) in [4.78, 5) is 11.4. The summed E-state index contributed by atoms with van der Waals surface area (Å²) in [6, 6.07) is 27.1. The van der Waals surface area contributed by atoms with Crippen molar-refractivity contribution >= 4 is 16.7 Å². The second-order valence-corrected chi connectivity index (χ2v) is 7.12. The summed E-state index contributed by atoms with van der Waals surface area (Å²) < 4.78 is 11.7. The van der Waals surface area contributed by atoms with Gasteiger partial charge in [0, 0.05) is 10.9 Å². The first-order chi connectivity index (χ1) is 15.1. The van der Waals surface area contributed by atoms with E-state index >= 15 is 0 Å². The number of benzene rings is 4. The zero-order valence-electron chi connectivity index (χ0n) is 17.1. The summed E-state index contributed by atoms with van der Waals surface area (Å²) in [5, 5.41) is 11.3. The van der Waals surface area contributed by atoms with Crippen LogP contribution < -0.4 is 9.47 Å². The number of methoxy groups -OCH3 is 1. The Morgan fingerprint density at radius 2 is 1.65 bits per heavy atom. The van der Waals surface area contributed by atoms with Gasteiger partial charge in [0.15, 0.2) is 0 Å². The fourth-order valence-corrected chi connectivity index (χ4v) is 3.60. The van der Waals surface area contributed by atoms with Gasteiger partial charge in [0.1, 0.15) is 17.2 Å². The van der Waals surface area contributed by atoms with E-state index in [0.717, 1.165) is 33.4 Å². The minimum Gasteiger partial charge on any atom is -0.497 e. The van der Waals surface area contributed by atoms with Gasteiger partial charge in [-0.25, -0.2) is 0 Å². The van der Waals surface area contributed by atoms with Gasteiger partial charge in [0.2, 0.25) is 0 Å². The van der Waals surface area contributed by atoms with Crippen molar-refractivity contribution in [2.45, 2.75) is 5.92 Å². The lowest BCUT2D eigenvalue weighted by molar-refractivity contribution is -0.137. The van der Waals surface area contributed by atoms with Crippen molar-refractivity contribution in [2.24, 2.45) is 0 Å². The van der Waals surface area contributed by atoms with Crippen LogP contribution in [-0.4, -0.2) is 18.2 Å². The monoisotopic (exact) mass is 410 g/mol. The van der Waals surface area contributed by atoms with Crippen molar-refractivity contribution in [1.29, 1.82) is 0 Å². The molecule has 0 fully saturated rings. The van der Waals surface area contributed by atoms with Gasteiger partial charge in [-0.1, -0.05) is 54.6 Å². The number of rotatable bonds is 7. The van der Waals surface area contributed by atoms with E-state index in [4.69, 9.17) is 9.47 Å². The molecule has 0 saturated carbocycles. The Labute approximate surface area is 181 Å². The van der Waals surface area contributed by atoms with Gasteiger partial charge in [0.05, 0.1) is 13.0 Å². The predicted molar refractivity (Wildman–Crippen MR) is 123 cm³/mol. The highest BCUT2D eigenvalue weighted by atomic mass is 16.5. The number of carboxylic acid groups (broad SMARTS) is 1. The molecular weight excluding hydrogens is 388 g/mol. The van der Waals surface area contributed by atoms with Crippen molar-refractivity contribution < 1.29 is 19.4 Å². The van der Waals surface area contributed by atoms with E-state index in [-0.39, 0.29) is 0 Å². The number of hydrogen-bond acceptors (Lipinski definition) is 3. The van der Waals surface area contributed by atoms with Crippen LogP contribution in [0.3, 0.4) is 0 Å². The first-order valence-electron chi connectivity index (χ1n) is 9.90. The zero-order valence-corrected chi connectivity index (χ0v) is 17.1. The highest BCUT2D eigenvalue weighted by Crippen LogP contribution is 2.40. The molecule has 0 aliphatic carbocycles. The molecule has 0 saturated heterocycles. The third-order valence-electron chi connectivity index (χ3n) is 5.22. The molecule has 4 nitrogen and oxygen atoms in total. The van der Waals surface area contributed by atoms with Gasteiger partial charge in [0.25, 0.3) is 0 Å². The molecule has 1 unspecified atom stereocenters. The lowest BCUT2D eigenvalue weighted by Crippen LogP contribution is -2.08. The van der Waals surface area contributed by atoms with Crippen molar-refractivity contribution in [1.82, 2.24) is 0 Å². The Balaban J connectivity index is 1.79. The average Bonchev–Trinajstić information content (AvgIpc) is 2.80. The van der Waals surface area contributed by atoms with E-state index in [2.05, 4.69) is 12.6 Å². The summed E-state index contributed by atoms with van der Waals surface area (Å²) in [5.74, 6) is 0.450. The number of carbonyl (C=O) groups is 1. The number of aliphatic carboxylic acids is 1. The summed E-state index contributed by atoms with van der Waals surface area (Å²) in [6.45, 7) is 3.62. The topological polar surface area (TPSA) is 55.8 Å².